The molecule has 3 aromatic rings. The number of fused-ring (bicyclic) bond motifs is 1. The molecule has 2 atom stereocenters. The van der Waals surface area contributed by atoms with Crippen LogP contribution in [0.5, 0.6) is 0 Å². The lowest BCUT2D eigenvalue weighted by Gasteiger charge is -1.99. The van der Waals surface area contributed by atoms with E-state index in [-0.39, 0.29) is 11.8 Å². The van der Waals surface area contributed by atoms with Crippen LogP contribution < -0.4 is 5.43 Å². The van der Waals surface area contributed by atoms with Crippen molar-refractivity contribution in [1.82, 2.24) is 10.4 Å². The van der Waals surface area contributed by atoms with E-state index in [0.717, 1.165) is 22.9 Å². The number of H-pyrrole nitrogens is 1. The van der Waals surface area contributed by atoms with Gasteiger partial charge in [-0.25, -0.2) is 5.43 Å². The first-order valence-electron chi connectivity index (χ1n) is 7.77. The second-order valence-electron chi connectivity index (χ2n) is 5.88. The summed E-state index contributed by atoms with van der Waals surface area (Å²) in [5.41, 5.74) is 5.92. The summed E-state index contributed by atoms with van der Waals surface area (Å²) in [6, 6.07) is 18.2. The first-order valence-corrected chi connectivity index (χ1v) is 7.77. The van der Waals surface area contributed by atoms with E-state index in [9.17, 15) is 4.79 Å². The summed E-state index contributed by atoms with van der Waals surface area (Å²) in [6.07, 6.45) is 4.49. The fraction of sp³-hybridized carbons (Fsp3) is 0.158. The molecule has 0 spiro atoms. The van der Waals surface area contributed by atoms with E-state index >= 15 is 0 Å². The molecule has 1 saturated carbocycles. The van der Waals surface area contributed by atoms with Crippen LogP contribution in [0.4, 0.5) is 0 Å². The predicted octanol–water partition coefficient (Wildman–Crippen LogP) is 3.42. The second-order valence-corrected chi connectivity index (χ2v) is 5.88. The van der Waals surface area contributed by atoms with Crippen LogP contribution in [-0.2, 0) is 4.79 Å². The first-order chi connectivity index (χ1) is 11.3. The molecule has 2 aromatic carbocycles. The Morgan fingerprint density at radius 1 is 1.13 bits per heavy atom. The van der Waals surface area contributed by atoms with Gasteiger partial charge in [-0.05, 0) is 24.0 Å². The lowest BCUT2D eigenvalue weighted by molar-refractivity contribution is -0.122. The smallest absolute Gasteiger partial charge is 0.243 e. The third-order valence-corrected chi connectivity index (χ3v) is 4.35. The van der Waals surface area contributed by atoms with Gasteiger partial charge >= 0.3 is 0 Å². The zero-order valence-corrected chi connectivity index (χ0v) is 12.6. The van der Waals surface area contributed by atoms with E-state index < -0.39 is 0 Å². The Labute approximate surface area is 134 Å². The van der Waals surface area contributed by atoms with Crippen LogP contribution in [0.1, 0.15) is 23.5 Å². The number of amides is 1. The maximum Gasteiger partial charge on any atom is 0.243 e. The van der Waals surface area contributed by atoms with Gasteiger partial charge in [0.15, 0.2) is 0 Å². The Morgan fingerprint density at radius 3 is 2.78 bits per heavy atom. The number of aromatic nitrogens is 1. The number of para-hydroxylation sites is 1. The molecular formula is C19H17N3O. The van der Waals surface area contributed by atoms with Crippen molar-refractivity contribution in [3.05, 3.63) is 71.9 Å². The van der Waals surface area contributed by atoms with Crippen molar-refractivity contribution in [2.75, 3.05) is 0 Å². The number of hydrogen-bond donors (Lipinski definition) is 2. The van der Waals surface area contributed by atoms with Crippen LogP contribution in [-0.4, -0.2) is 17.1 Å². The molecular weight excluding hydrogens is 286 g/mol. The molecule has 4 nitrogen and oxygen atoms in total. The van der Waals surface area contributed by atoms with Crippen molar-refractivity contribution in [3.8, 4) is 0 Å². The first kappa shape index (κ1) is 13.8. The lowest BCUT2D eigenvalue weighted by atomic mass is 10.1. The molecule has 0 radical (unpaired) electrons. The minimum Gasteiger partial charge on any atom is -0.361 e. The number of nitrogens with zero attached hydrogens (tertiary/aromatic N) is 1. The molecule has 0 unspecified atom stereocenters. The molecule has 0 saturated heterocycles. The zero-order chi connectivity index (χ0) is 15.6. The minimum atomic E-state index is -0.00468. The van der Waals surface area contributed by atoms with Crippen LogP contribution >= 0.6 is 0 Å². The molecule has 1 amide bonds. The van der Waals surface area contributed by atoms with Crippen LogP contribution in [0, 0.1) is 5.92 Å². The standard InChI is InChI=1S/C19H17N3O/c23-19(17-10-16(17)13-6-2-1-3-7-13)22-21-12-14-11-20-18-9-5-4-8-15(14)18/h1-9,11-12,16-17,20H,10H2,(H,22,23)/b21-12+/t16-,17+/m1/s1. The Kier molecular flexibility index (Phi) is 3.42. The van der Waals surface area contributed by atoms with Gasteiger partial charge in [0, 0.05) is 28.6 Å². The van der Waals surface area contributed by atoms with Crippen LogP contribution in [0.3, 0.4) is 0 Å². The van der Waals surface area contributed by atoms with E-state index in [1.54, 1.807) is 6.21 Å². The second kappa shape index (κ2) is 5.72. The third kappa shape index (κ3) is 2.75. The molecule has 1 aliphatic carbocycles. The van der Waals surface area contributed by atoms with Crippen LogP contribution in [0.15, 0.2) is 65.9 Å². The van der Waals surface area contributed by atoms with Gasteiger partial charge in [0.2, 0.25) is 5.91 Å². The zero-order valence-electron chi connectivity index (χ0n) is 12.6. The Hall–Kier alpha value is -2.88. The topological polar surface area (TPSA) is 57.2 Å². The fourth-order valence-electron chi connectivity index (χ4n) is 3.00. The molecule has 4 rings (SSSR count). The maximum atomic E-state index is 12.1. The van der Waals surface area contributed by atoms with E-state index in [2.05, 4.69) is 27.6 Å². The molecule has 114 valence electrons. The molecule has 1 heterocycles. The molecule has 1 aromatic heterocycles. The van der Waals surface area contributed by atoms with Gasteiger partial charge in [-0.15, -0.1) is 0 Å². The number of carbonyl (C=O) groups excluding carboxylic acids is 1. The van der Waals surface area contributed by atoms with Gasteiger partial charge in [0.25, 0.3) is 0 Å². The monoisotopic (exact) mass is 303 g/mol. The molecule has 4 heteroatoms. The van der Waals surface area contributed by atoms with Gasteiger partial charge in [0.05, 0.1) is 6.21 Å². The van der Waals surface area contributed by atoms with Crippen molar-refractivity contribution in [2.45, 2.75) is 12.3 Å². The van der Waals surface area contributed by atoms with Gasteiger partial charge < -0.3 is 4.98 Å². The summed E-state index contributed by atoms with van der Waals surface area (Å²) >= 11 is 0. The number of aromatic amines is 1. The van der Waals surface area contributed by atoms with Crippen molar-refractivity contribution in [3.63, 3.8) is 0 Å². The molecule has 1 aliphatic rings. The van der Waals surface area contributed by atoms with Gasteiger partial charge in [-0.2, -0.15) is 5.10 Å². The highest BCUT2D eigenvalue weighted by molar-refractivity contribution is 5.99. The average molecular weight is 303 g/mol. The summed E-state index contributed by atoms with van der Waals surface area (Å²) in [5.74, 6) is 0.368. The Balaban J connectivity index is 1.39. The number of rotatable bonds is 4. The average Bonchev–Trinajstić information content (AvgIpc) is 3.31. The van der Waals surface area contributed by atoms with Crippen LogP contribution in [0.25, 0.3) is 10.9 Å². The number of hydrazone groups is 1. The Bertz CT molecular complexity index is 866. The lowest BCUT2D eigenvalue weighted by Crippen LogP contribution is -2.20. The molecule has 0 bridgehead atoms. The van der Waals surface area contributed by atoms with E-state index in [1.165, 1.54) is 5.56 Å². The van der Waals surface area contributed by atoms with Crippen molar-refractivity contribution in [2.24, 2.45) is 11.0 Å². The molecule has 2 N–H and O–H groups in total. The van der Waals surface area contributed by atoms with Gasteiger partial charge in [-0.1, -0.05) is 48.5 Å². The van der Waals surface area contributed by atoms with Crippen molar-refractivity contribution in [1.29, 1.82) is 0 Å². The van der Waals surface area contributed by atoms with Crippen molar-refractivity contribution < 1.29 is 4.79 Å². The van der Waals surface area contributed by atoms with Crippen molar-refractivity contribution >= 4 is 23.0 Å². The summed E-state index contributed by atoms with van der Waals surface area (Å²) in [6.45, 7) is 0. The van der Waals surface area contributed by atoms with Crippen LogP contribution in [0.2, 0.25) is 0 Å². The number of carbonyl (C=O) groups is 1. The minimum absolute atomic E-state index is 0.00468. The fourth-order valence-corrected chi connectivity index (χ4v) is 3.00. The predicted molar refractivity (Wildman–Crippen MR) is 91.3 cm³/mol. The summed E-state index contributed by atoms with van der Waals surface area (Å²) in [5, 5.41) is 5.21. The van der Waals surface area contributed by atoms with Gasteiger partial charge in [0.1, 0.15) is 0 Å². The van der Waals surface area contributed by atoms with E-state index in [4.69, 9.17) is 0 Å². The highest BCUT2D eigenvalue weighted by Gasteiger charge is 2.43. The van der Waals surface area contributed by atoms with E-state index in [1.807, 2.05) is 48.7 Å². The molecule has 1 fully saturated rings. The summed E-state index contributed by atoms with van der Waals surface area (Å²) in [7, 11) is 0. The Morgan fingerprint density at radius 2 is 1.91 bits per heavy atom. The number of hydrogen-bond acceptors (Lipinski definition) is 2. The normalized spacial score (nSPS) is 20.0. The van der Waals surface area contributed by atoms with E-state index in [0.29, 0.717) is 5.92 Å². The molecule has 0 aliphatic heterocycles. The van der Waals surface area contributed by atoms with Gasteiger partial charge in [-0.3, -0.25) is 4.79 Å². The maximum absolute atomic E-state index is 12.1. The quantitative estimate of drug-likeness (QED) is 0.563. The SMILES string of the molecule is O=C(N/N=C/c1c[nH]c2ccccc12)[C@H]1C[C@@H]1c1ccccc1. The highest BCUT2D eigenvalue weighted by atomic mass is 16.2. The largest absolute Gasteiger partial charge is 0.361 e. The summed E-state index contributed by atoms with van der Waals surface area (Å²) in [4.78, 5) is 15.3. The highest BCUT2D eigenvalue weighted by Crippen LogP contribution is 2.47. The number of benzene rings is 2. The number of nitrogens with one attached hydrogen (secondary N) is 2. The molecule has 23 heavy (non-hydrogen) atoms. The summed E-state index contributed by atoms with van der Waals surface area (Å²) < 4.78 is 0. The third-order valence-electron chi connectivity index (χ3n) is 4.35.